The van der Waals surface area contributed by atoms with Crippen molar-refractivity contribution < 1.29 is 9.13 Å². The van der Waals surface area contributed by atoms with Crippen LogP contribution in [0.25, 0.3) is 16.7 Å². The summed E-state index contributed by atoms with van der Waals surface area (Å²) < 4.78 is 19.3. The highest BCUT2D eigenvalue weighted by atomic mass is 19.1. The number of ether oxygens (including phenoxy) is 1. The van der Waals surface area contributed by atoms with Crippen molar-refractivity contribution in [2.24, 2.45) is 0 Å². The number of aromatic nitrogens is 4. The van der Waals surface area contributed by atoms with E-state index in [-0.39, 0.29) is 6.61 Å². The van der Waals surface area contributed by atoms with Gasteiger partial charge in [-0.05, 0) is 18.2 Å². The van der Waals surface area contributed by atoms with Crippen LogP contribution in [0.15, 0.2) is 42.7 Å². The van der Waals surface area contributed by atoms with Crippen molar-refractivity contribution in [3.63, 3.8) is 0 Å². The summed E-state index contributed by atoms with van der Waals surface area (Å²) in [4.78, 5) is 4.00. The lowest BCUT2D eigenvalue weighted by atomic mass is 10.3. The Morgan fingerprint density at radius 2 is 2.11 bits per heavy atom. The number of benzene rings is 1. The van der Waals surface area contributed by atoms with E-state index in [9.17, 15) is 4.39 Å². The molecule has 19 heavy (non-hydrogen) atoms. The van der Waals surface area contributed by atoms with Crippen molar-refractivity contribution in [2.45, 2.75) is 0 Å². The number of fused-ring (bicyclic) bond motifs is 1. The van der Waals surface area contributed by atoms with Gasteiger partial charge in [-0.25, -0.2) is 9.07 Å². The van der Waals surface area contributed by atoms with Gasteiger partial charge in [0.05, 0.1) is 11.7 Å². The van der Waals surface area contributed by atoms with E-state index in [1.165, 1.54) is 0 Å². The molecule has 0 atom stereocenters. The third kappa shape index (κ3) is 2.12. The van der Waals surface area contributed by atoms with Crippen LogP contribution in [0.3, 0.4) is 0 Å². The molecule has 6 heteroatoms. The molecule has 0 spiro atoms. The Morgan fingerprint density at radius 1 is 1.21 bits per heavy atom. The van der Waals surface area contributed by atoms with E-state index < -0.39 is 6.67 Å². The molecule has 0 amide bonds. The number of nitrogens with zero attached hydrogens (tertiary/aromatic N) is 4. The average Bonchev–Trinajstić information content (AvgIpc) is 2.89. The van der Waals surface area contributed by atoms with E-state index in [0.717, 1.165) is 11.2 Å². The minimum atomic E-state index is -0.531. The molecule has 3 rings (SSSR count). The molecule has 1 aromatic carbocycles. The second-order valence-corrected chi connectivity index (χ2v) is 3.87. The van der Waals surface area contributed by atoms with E-state index in [1.54, 1.807) is 23.1 Å². The quantitative estimate of drug-likeness (QED) is 0.719. The number of para-hydroxylation sites is 2. The lowest BCUT2D eigenvalue weighted by Gasteiger charge is -2.10. The first-order valence-electron chi connectivity index (χ1n) is 5.84. The minimum Gasteiger partial charge on any atom is -0.489 e. The molecule has 0 N–H and O–H groups in total. The molecule has 2 heterocycles. The Kier molecular flexibility index (Phi) is 3.06. The highest BCUT2D eigenvalue weighted by Crippen LogP contribution is 2.24. The van der Waals surface area contributed by atoms with E-state index in [1.807, 2.05) is 24.3 Å². The average molecular weight is 258 g/mol. The van der Waals surface area contributed by atoms with Crippen LogP contribution in [0.2, 0.25) is 0 Å². The van der Waals surface area contributed by atoms with Crippen LogP contribution in [0.1, 0.15) is 0 Å². The number of halogens is 1. The highest BCUT2D eigenvalue weighted by Gasteiger charge is 2.10. The molecular formula is C13H11FN4O. The number of alkyl halides is 1. The molecule has 0 aliphatic carbocycles. The molecular weight excluding hydrogens is 247 g/mol. The molecule has 0 saturated carbocycles. The Bertz CT molecular complexity index is 698. The standard InChI is InChI=1S/C13H11FN4O/c14-6-8-19-13-4-2-1-3-12(13)18-11-5-7-15-9-10(11)16-17-18/h1-5,7,9H,6,8H2. The van der Waals surface area contributed by atoms with Crippen LogP contribution in [-0.2, 0) is 0 Å². The van der Waals surface area contributed by atoms with Crippen molar-refractivity contribution in [3.8, 4) is 11.4 Å². The van der Waals surface area contributed by atoms with E-state index in [4.69, 9.17) is 4.74 Å². The largest absolute Gasteiger partial charge is 0.489 e. The maximum Gasteiger partial charge on any atom is 0.145 e. The number of pyridine rings is 1. The molecule has 0 aliphatic rings. The number of hydrogen-bond donors (Lipinski definition) is 0. The second-order valence-electron chi connectivity index (χ2n) is 3.87. The molecule has 0 radical (unpaired) electrons. The van der Waals surface area contributed by atoms with Crippen molar-refractivity contribution in [1.82, 2.24) is 20.0 Å². The van der Waals surface area contributed by atoms with Crippen LogP contribution in [0, 0.1) is 0 Å². The molecule has 2 aromatic heterocycles. The monoisotopic (exact) mass is 258 g/mol. The lowest BCUT2D eigenvalue weighted by Crippen LogP contribution is -2.04. The summed E-state index contributed by atoms with van der Waals surface area (Å²) in [6.45, 7) is -0.512. The maximum atomic E-state index is 12.2. The normalized spacial score (nSPS) is 10.8. The zero-order valence-corrected chi connectivity index (χ0v) is 10.0. The van der Waals surface area contributed by atoms with Crippen LogP contribution in [0.4, 0.5) is 4.39 Å². The van der Waals surface area contributed by atoms with Crippen LogP contribution in [-0.4, -0.2) is 33.3 Å². The third-order valence-electron chi connectivity index (χ3n) is 2.68. The Balaban J connectivity index is 2.11. The SMILES string of the molecule is FCCOc1ccccc1-n1nnc2cnccc21. The van der Waals surface area contributed by atoms with Crippen molar-refractivity contribution in [3.05, 3.63) is 42.7 Å². The Morgan fingerprint density at radius 3 is 3.00 bits per heavy atom. The van der Waals surface area contributed by atoms with Gasteiger partial charge in [0.2, 0.25) is 0 Å². The van der Waals surface area contributed by atoms with Crippen LogP contribution >= 0.6 is 0 Å². The summed E-state index contributed by atoms with van der Waals surface area (Å²) in [7, 11) is 0. The topological polar surface area (TPSA) is 52.8 Å². The number of rotatable bonds is 4. The fraction of sp³-hybridized carbons (Fsp3) is 0.154. The predicted molar refractivity (Wildman–Crippen MR) is 68.1 cm³/mol. The first kappa shape index (κ1) is 11.6. The summed E-state index contributed by atoms with van der Waals surface area (Å²) in [6, 6.07) is 9.15. The lowest BCUT2D eigenvalue weighted by molar-refractivity contribution is 0.272. The summed E-state index contributed by atoms with van der Waals surface area (Å²) in [5.41, 5.74) is 2.25. The van der Waals surface area contributed by atoms with Crippen LogP contribution in [0.5, 0.6) is 5.75 Å². The molecule has 5 nitrogen and oxygen atoms in total. The Labute approximate surface area is 108 Å². The maximum absolute atomic E-state index is 12.2. The van der Waals surface area contributed by atoms with Gasteiger partial charge in [0.25, 0.3) is 0 Å². The van der Waals surface area contributed by atoms with Crippen LogP contribution < -0.4 is 4.74 Å². The van der Waals surface area contributed by atoms with Gasteiger partial charge in [0, 0.05) is 6.20 Å². The highest BCUT2D eigenvalue weighted by molar-refractivity contribution is 5.75. The van der Waals surface area contributed by atoms with Crippen molar-refractivity contribution in [1.29, 1.82) is 0 Å². The predicted octanol–water partition coefficient (Wildman–Crippen LogP) is 2.16. The summed E-state index contributed by atoms with van der Waals surface area (Å²) in [5, 5.41) is 8.12. The van der Waals surface area contributed by atoms with E-state index in [0.29, 0.717) is 11.3 Å². The summed E-state index contributed by atoms with van der Waals surface area (Å²) >= 11 is 0. The fourth-order valence-corrected chi connectivity index (χ4v) is 1.86. The van der Waals surface area contributed by atoms with Gasteiger partial charge in [-0.2, -0.15) is 0 Å². The van der Waals surface area contributed by atoms with Crippen molar-refractivity contribution in [2.75, 3.05) is 13.3 Å². The fourth-order valence-electron chi connectivity index (χ4n) is 1.86. The van der Waals surface area contributed by atoms with E-state index >= 15 is 0 Å². The van der Waals surface area contributed by atoms with Gasteiger partial charge in [-0.1, -0.05) is 17.3 Å². The molecule has 0 saturated heterocycles. The molecule has 0 aliphatic heterocycles. The van der Waals surface area contributed by atoms with Gasteiger partial charge in [-0.15, -0.1) is 5.10 Å². The molecule has 96 valence electrons. The summed E-state index contributed by atoms with van der Waals surface area (Å²) in [5.74, 6) is 0.573. The second kappa shape index (κ2) is 5.01. The molecule has 3 aromatic rings. The summed E-state index contributed by atoms with van der Waals surface area (Å²) in [6.07, 6.45) is 3.32. The zero-order chi connectivity index (χ0) is 13.1. The zero-order valence-electron chi connectivity index (χ0n) is 10.0. The van der Waals surface area contributed by atoms with Gasteiger partial charge in [-0.3, -0.25) is 4.98 Å². The first-order chi connectivity index (χ1) is 9.40. The van der Waals surface area contributed by atoms with Crippen molar-refractivity contribution >= 4 is 11.0 Å². The van der Waals surface area contributed by atoms with E-state index in [2.05, 4.69) is 15.3 Å². The van der Waals surface area contributed by atoms with Gasteiger partial charge >= 0.3 is 0 Å². The smallest absolute Gasteiger partial charge is 0.145 e. The first-order valence-corrected chi connectivity index (χ1v) is 5.84. The number of hydrogen-bond acceptors (Lipinski definition) is 4. The van der Waals surface area contributed by atoms with Gasteiger partial charge < -0.3 is 4.74 Å². The minimum absolute atomic E-state index is 0.0190. The molecule has 0 bridgehead atoms. The molecule has 0 unspecified atom stereocenters. The van der Waals surface area contributed by atoms with Gasteiger partial charge in [0.1, 0.15) is 30.2 Å². The third-order valence-corrected chi connectivity index (χ3v) is 2.68. The van der Waals surface area contributed by atoms with Gasteiger partial charge in [0.15, 0.2) is 0 Å². The Hall–Kier alpha value is -2.50. The molecule has 0 fully saturated rings.